The maximum Gasteiger partial charge on any atom is 0.124 e. The summed E-state index contributed by atoms with van der Waals surface area (Å²) in [4.78, 5) is 6.41. The van der Waals surface area contributed by atoms with Gasteiger partial charge in [-0.1, -0.05) is 103 Å². The van der Waals surface area contributed by atoms with Gasteiger partial charge in [-0.2, -0.15) is 0 Å². The molecular weight excluding hydrogens is 480 g/mol. The van der Waals surface area contributed by atoms with E-state index < -0.39 is 0 Å². The molecule has 0 unspecified atom stereocenters. The number of thiazole rings is 1. The predicted molar refractivity (Wildman–Crippen MR) is 161 cm³/mol. The minimum absolute atomic E-state index is 1.08. The first-order valence-electron chi connectivity index (χ1n) is 12.9. The number of fused-ring (bicyclic) bond motifs is 8. The molecule has 0 atom stereocenters. The lowest BCUT2D eigenvalue weighted by Crippen LogP contribution is -1.95. The third-order valence-corrected chi connectivity index (χ3v) is 9.06. The number of benzene rings is 6. The Morgan fingerprint density at radius 3 is 2.29 bits per heavy atom. The van der Waals surface area contributed by atoms with Crippen molar-refractivity contribution in [2.24, 2.45) is 0 Å². The Morgan fingerprint density at radius 2 is 1.37 bits per heavy atom. The summed E-state index contributed by atoms with van der Waals surface area (Å²) in [5, 5.41) is 8.75. The summed E-state index contributed by atoms with van der Waals surface area (Å²) < 4.78 is 2.47. The van der Waals surface area contributed by atoms with Gasteiger partial charge in [0.2, 0.25) is 0 Å². The fourth-order valence-corrected chi connectivity index (χ4v) is 7.41. The molecule has 3 heteroatoms. The molecule has 8 aromatic rings. The number of para-hydroxylation sites is 1. The quantitative estimate of drug-likeness (QED) is 0.231. The Bertz CT molecular complexity index is 2230. The standard InChI is InChI=1S/C35H20N2S/c1-2-10-22(11-3-1)35-36-32-28-15-8-12-23-19-24(20-29(31(23)28)34(32)38-35)37-30-16-7-6-14-26(30)27-18-17-21-9-4-5-13-25(21)33(27)37/h1-20H. The summed E-state index contributed by atoms with van der Waals surface area (Å²) in [5.41, 5.74) is 8.49. The Morgan fingerprint density at radius 1 is 0.579 bits per heavy atom. The Labute approximate surface area is 223 Å². The molecule has 0 N–H and O–H groups in total. The number of aromatic nitrogens is 2. The molecule has 0 bridgehead atoms. The molecule has 0 amide bonds. The van der Waals surface area contributed by atoms with Crippen LogP contribution in [-0.4, -0.2) is 9.55 Å². The fourth-order valence-electron chi connectivity index (χ4n) is 6.31. The van der Waals surface area contributed by atoms with E-state index in [2.05, 4.69) is 126 Å². The summed E-state index contributed by atoms with van der Waals surface area (Å²) in [5.74, 6) is 0. The number of hydrogen-bond donors (Lipinski definition) is 0. The van der Waals surface area contributed by atoms with E-state index in [1.807, 2.05) is 0 Å². The highest BCUT2D eigenvalue weighted by atomic mass is 32.1. The molecule has 9 rings (SSSR count). The first-order valence-corrected chi connectivity index (χ1v) is 13.7. The third-order valence-electron chi connectivity index (χ3n) is 7.93. The van der Waals surface area contributed by atoms with E-state index in [0.717, 1.165) is 10.7 Å². The Hall–Kier alpha value is -4.73. The zero-order chi connectivity index (χ0) is 24.8. The van der Waals surface area contributed by atoms with Crippen LogP contribution < -0.4 is 0 Å². The van der Waals surface area contributed by atoms with Gasteiger partial charge in [0.05, 0.1) is 21.6 Å². The second-order valence-electron chi connectivity index (χ2n) is 10.00. The molecule has 2 nitrogen and oxygen atoms in total. The highest BCUT2D eigenvalue weighted by molar-refractivity contribution is 7.19. The number of nitrogens with zero attached hydrogens (tertiary/aromatic N) is 2. The van der Waals surface area contributed by atoms with E-state index in [4.69, 9.17) is 4.98 Å². The van der Waals surface area contributed by atoms with E-state index >= 15 is 0 Å². The molecule has 6 aromatic carbocycles. The van der Waals surface area contributed by atoms with E-state index in [1.165, 1.54) is 70.6 Å². The average molecular weight is 501 g/mol. The zero-order valence-electron chi connectivity index (χ0n) is 20.3. The average Bonchev–Trinajstić information content (AvgIpc) is 3.65. The summed E-state index contributed by atoms with van der Waals surface area (Å²) in [6, 6.07) is 43.9. The fraction of sp³-hybridized carbons (Fsp3) is 0. The monoisotopic (exact) mass is 500 g/mol. The van der Waals surface area contributed by atoms with Crippen molar-refractivity contribution in [3.63, 3.8) is 0 Å². The molecule has 0 saturated heterocycles. The first-order chi connectivity index (χ1) is 18.8. The van der Waals surface area contributed by atoms with Crippen molar-refractivity contribution in [2.75, 3.05) is 0 Å². The Kier molecular flexibility index (Phi) is 3.96. The lowest BCUT2D eigenvalue weighted by molar-refractivity contribution is 1.19. The molecule has 38 heavy (non-hydrogen) atoms. The second kappa shape index (κ2) is 7.41. The van der Waals surface area contributed by atoms with Gasteiger partial charge in [0, 0.05) is 38.5 Å². The summed E-state index contributed by atoms with van der Waals surface area (Å²) in [6.45, 7) is 0. The van der Waals surface area contributed by atoms with Gasteiger partial charge in [0.25, 0.3) is 0 Å². The summed E-state index contributed by atoms with van der Waals surface area (Å²) in [7, 11) is 0. The molecule has 0 spiro atoms. The van der Waals surface area contributed by atoms with E-state index in [0.29, 0.717) is 0 Å². The van der Waals surface area contributed by atoms with Crippen molar-refractivity contribution in [2.45, 2.75) is 0 Å². The van der Waals surface area contributed by atoms with Crippen molar-refractivity contribution in [3.05, 3.63) is 121 Å². The highest BCUT2D eigenvalue weighted by Crippen LogP contribution is 2.52. The zero-order valence-corrected chi connectivity index (χ0v) is 21.2. The Balaban J connectivity index is 1.39. The normalized spacial score (nSPS) is 12.2. The van der Waals surface area contributed by atoms with Crippen LogP contribution >= 0.6 is 11.3 Å². The predicted octanol–water partition coefficient (Wildman–Crippen LogP) is 9.86. The number of rotatable bonds is 2. The van der Waals surface area contributed by atoms with E-state index in [1.54, 1.807) is 11.3 Å². The van der Waals surface area contributed by atoms with Gasteiger partial charge in [0.15, 0.2) is 0 Å². The van der Waals surface area contributed by atoms with Gasteiger partial charge >= 0.3 is 0 Å². The van der Waals surface area contributed by atoms with Crippen LogP contribution in [0.5, 0.6) is 0 Å². The molecule has 2 heterocycles. The number of hydrogen-bond acceptors (Lipinski definition) is 2. The van der Waals surface area contributed by atoms with Crippen molar-refractivity contribution in [1.82, 2.24) is 9.55 Å². The van der Waals surface area contributed by atoms with Gasteiger partial charge in [-0.3, -0.25) is 0 Å². The molecule has 0 fully saturated rings. The van der Waals surface area contributed by atoms with Gasteiger partial charge in [-0.15, -0.1) is 11.3 Å². The van der Waals surface area contributed by atoms with Crippen molar-refractivity contribution in [1.29, 1.82) is 0 Å². The minimum Gasteiger partial charge on any atom is -0.309 e. The van der Waals surface area contributed by atoms with Crippen LogP contribution in [0, 0.1) is 0 Å². The van der Waals surface area contributed by atoms with Gasteiger partial charge in [0.1, 0.15) is 5.01 Å². The lowest BCUT2D eigenvalue weighted by Gasteiger charge is -2.13. The molecular formula is C35H20N2S. The molecule has 176 valence electrons. The van der Waals surface area contributed by atoms with Crippen LogP contribution in [0.2, 0.25) is 0 Å². The molecule has 0 aliphatic heterocycles. The molecule has 1 aliphatic carbocycles. The van der Waals surface area contributed by atoms with Gasteiger partial charge < -0.3 is 4.57 Å². The van der Waals surface area contributed by atoms with Crippen molar-refractivity contribution < 1.29 is 0 Å². The van der Waals surface area contributed by atoms with Crippen molar-refractivity contribution in [3.8, 4) is 38.0 Å². The second-order valence-corrected chi connectivity index (χ2v) is 11.0. The van der Waals surface area contributed by atoms with Crippen LogP contribution in [0.25, 0.3) is 81.3 Å². The summed E-state index contributed by atoms with van der Waals surface area (Å²) >= 11 is 1.80. The maximum absolute atomic E-state index is 5.15. The SMILES string of the molecule is c1ccc(-c2nc3c(s2)-c2cc(-n4c5ccccc5c5ccc6ccccc6c54)cc4cccc-3c24)cc1. The van der Waals surface area contributed by atoms with Gasteiger partial charge in [-0.05, 0) is 34.4 Å². The van der Waals surface area contributed by atoms with Crippen LogP contribution in [0.3, 0.4) is 0 Å². The lowest BCUT2D eigenvalue weighted by atomic mass is 10.0. The van der Waals surface area contributed by atoms with Crippen LogP contribution in [0.1, 0.15) is 0 Å². The van der Waals surface area contributed by atoms with E-state index in [-0.39, 0.29) is 0 Å². The van der Waals surface area contributed by atoms with E-state index in [9.17, 15) is 0 Å². The summed E-state index contributed by atoms with van der Waals surface area (Å²) in [6.07, 6.45) is 0. The van der Waals surface area contributed by atoms with Crippen LogP contribution in [0.15, 0.2) is 121 Å². The first kappa shape index (κ1) is 20.3. The maximum atomic E-state index is 5.15. The minimum atomic E-state index is 1.08. The van der Waals surface area contributed by atoms with Crippen molar-refractivity contribution >= 4 is 54.7 Å². The highest BCUT2D eigenvalue weighted by Gasteiger charge is 2.27. The topological polar surface area (TPSA) is 17.8 Å². The largest absolute Gasteiger partial charge is 0.309 e. The molecule has 2 aromatic heterocycles. The third kappa shape index (κ3) is 2.64. The molecule has 0 radical (unpaired) electrons. The van der Waals surface area contributed by atoms with Crippen LogP contribution in [-0.2, 0) is 0 Å². The molecule has 1 aliphatic rings. The smallest absolute Gasteiger partial charge is 0.124 e. The van der Waals surface area contributed by atoms with Gasteiger partial charge in [-0.25, -0.2) is 4.98 Å². The molecule has 0 saturated carbocycles. The van der Waals surface area contributed by atoms with Crippen LogP contribution in [0.4, 0.5) is 0 Å².